The molecule has 1 atom stereocenters. The summed E-state index contributed by atoms with van der Waals surface area (Å²) in [5, 5.41) is 3.61. The van der Waals surface area contributed by atoms with Crippen LogP contribution >= 0.6 is 11.6 Å². The molecule has 36 heavy (non-hydrogen) atoms. The Bertz CT molecular complexity index is 1100. The predicted octanol–water partition coefficient (Wildman–Crippen LogP) is 4.24. The second-order valence-electron chi connectivity index (χ2n) is 10.1. The zero-order valence-electron chi connectivity index (χ0n) is 21.0. The van der Waals surface area contributed by atoms with Gasteiger partial charge >= 0.3 is 6.03 Å². The number of hydrogen-bond acceptors (Lipinski definition) is 5. The van der Waals surface area contributed by atoms with E-state index in [1.165, 1.54) is 24.7 Å². The summed E-state index contributed by atoms with van der Waals surface area (Å²) in [4.78, 5) is 19.9. The molecule has 2 aliphatic rings. The smallest absolute Gasteiger partial charge is 0.321 e. The van der Waals surface area contributed by atoms with E-state index in [0.717, 1.165) is 70.9 Å². The maximum absolute atomic E-state index is 12.6. The Morgan fingerprint density at radius 3 is 2.33 bits per heavy atom. The predicted molar refractivity (Wildman–Crippen MR) is 146 cm³/mol. The molecule has 0 radical (unpaired) electrons. The number of rotatable bonds is 8. The summed E-state index contributed by atoms with van der Waals surface area (Å²) in [6.07, 6.45) is 5.78. The van der Waals surface area contributed by atoms with Gasteiger partial charge < -0.3 is 15.1 Å². The minimum atomic E-state index is -3.14. The molecule has 2 saturated heterocycles. The van der Waals surface area contributed by atoms with Crippen molar-refractivity contribution in [3.8, 4) is 0 Å². The van der Waals surface area contributed by atoms with Crippen LogP contribution in [0.5, 0.6) is 0 Å². The van der Waals surface area contributed by atoms with Gasteiger partial charge in [0.1, 0.15) is 0 Å². The number of sulfone groups is 1. The van der Waals surface area contributed by atoms with E-state index < -0.39 is 9.84 Å². The fraction of sp³-hybridized carbons (Fsp3) is 0.519. The minimum absolute atomic E-state index is 0.0493. The van der Waals surface area contributed by atoms with Gasteiger partial charge in [-0.05, 0) is 86.7 Å². The number of nitrogens with one attached hydrogen (secondary N) is 1. The topological polar surface area (TPSA) is 73.0 Å². The van der Waals surface area contributed by atoms with Crippen molar-refractivity contribution in [3.63, 3.8) is 0 Å². The van der Waals surface area contributed by atoms with Crippen molar-refractivity contribution in [2.45, 2.75) is 30.6 Å². The molecule has 0 aliphatic carbocycles. The van der Waals surface area contributed by atoms with Gasteiger partial charge in [-0.2, -0.15) is 0 Å². The first-order valence-corrected chi connectivity index (χ1v) is 15.1. The van der Waals surface area contributed by atoms with Gasteiger partial charge in [0.25, 0.3) is 0 Å². The molecule has 0 bridgehead atoms. The molecule has 2 aliphatic heterocycles. The Morgan fingerprint density at radius 1 is 0.972 bits per heavy atom. The largest absolute Gasteiger partial charge is 0.322 e. The monoisotopic (exact) mass is 532 g/mol. The summed E-state index contributed by atoms with van der Waals surface area (Å²) in [7, 11) is -3.14. The van der Waals surface area contributed by atoms with Gasteiger partial charge in [0.2, 0.25) is 0 Å². The molecule has 0 spiro atoms. The van der Waals surface area contributed by atoms with Crippen molar-refractivity contribution in [3.05, 3.63) is 59.1 Å². The highest BCUT2D eigenvalue weighted by molar-refractivity contribution is 7.90. The van der Waals surface area contributed by atoms with Crippen molar-refractivity contribution in [1.29, 1.82) is 0 Å². The van der Waals surface area contributed by atoms with Crippen molar-refractivity contribution >= 4 is 33.2 Å². The number of nitrogens with zero attached hydrogens (tertiary/aromatic N) is 3. The molecule has 0 unspecified atom stereocenters. The number of hydrogen-bond donors (Lipinski definition) is 1. The molecule has 4 rings (SSSR count). The number of carbonyl (C=O) groups excluding carboxylic acids is 1. The highest BCUT2D eigenvalue weighted by Crippen LogP contribution is 2.20. The molecule has 2 heterocycles. The van der Waals surface area contributed by atoms with Crippen molar-refractivity contribution in [1.82, 2.24) is 14.7 Å². The number of likely N-dealkylation sites (tertiary alicyclic amines) is 1. The van der Waals surface area contributed by atoms with Crippen LogP contribution in [0.2, 0.25) is 5.02 Å². The highest BCUT2D eigenvalue weighted by atomic mass is 35.5. The van der Waals surface area contributed by atoms with Gasteiger partial charge in [0, 0.05) is 56.2 Å². The third-order valence-corrected chi connectivity index (χ3v) is 8.55. The Labute approximate surface area is 220 Å². The lowest BCUT2D eigenvalue weighted by atomic mass is 9.96. The quantitative estimate of drug-likeness (QED) is 0.550. The van der Waals surface area contributed by atoms with E-state index in [9.17, 15) is 13.2 Å². The Kier molecular flexibility index (Phi) is 9.28. The normalized spacial score (nSPS) is 19.8. The van der Waals surface area contributed by atoms with E-state index in [1.54, 1.807) is 24.3 Å². The van der Waals surface area contributed by atoms with E-state index in [1.807, 2.05) is 29.2 Å². The van der Waals surface area contributed by atoms with Crippen molar-refractivity contribution < 1.29 is 13.2 Å². The average molecular weight is 533 g/mol. The molecular weight excluding hydrogens is 496 g/mol. The number of urea groups is 1. The molecule has 196 valence electrons. The summed E-state index contributed by atoms with van der Waals surface area (Å²) < 4.78 is 23.3. The molecule has 0 saturated carbocycles. The maximum atomic E-state index is 12.6. The van der Waals surface area contributed by atoms with Gasteiger partial charge in [-0.25, -0.2) is 13.2 Å². The molecular formula is C27H37ClN4O3S. The summed E-state index contributed by atoms with van der Waals surface area (Å²) in [5.41, 5.74) is 1.95. The number of amides is 2. The molecule has 2 amide bonds. The fourth-order valence-electron chi connectivity index (χ4n) is 5.15. The summed E-state index contributed by atoms with van der Waals surface area (Å²) >= 11 is 5.92. The summed E-state index contributed by atoms with van der Waals surface area (Å²) in [6.45, 7) is 7.76. The van der Waals surface area contributed by atoms with Crippen LogP contribution in [0.15, 0.2) is 53.4 Å². The number of piperidine rings is 1. The number of halogens is 1. The van der Waals surface area contributed by atoms with Crippen LogP contribution in [0.25, 0.3) is 0 Å². The number of piperazine rings is 1. The highest BCUT2D eigenvalue weighted by Gasteiger charge is 2.26. The number of carbonyl (C=O) groups is 1. The Hall–Kier alpha value is -2.13. The molecule has 9 heteroatoms. The van der Waals surface area contributed by atoms with Gasteiger partial charge in [-0.1, -0.05) is 23.7 Å². The molecule has 1 N–H and O–H groups in total. The molecule has 2 aromatic carbocycles. The third kappa shape index (κ3) is 7.93. The van der Waals surface area contributed by atoms with Crippen molar-refractivity contribution in [2.75, 3.05) is 63.9 Å². The number of benzene rings is 2. The molecule has 2 fully saturated rings. The SMILES string of the molecule is CS(=O)(=O)c1ccc(CCCN2CCC[C@@H](CN3CCN(C(=O)Nc4ccc(Cl)cc4)CC3)C2)cc1. The van der Waals surface area contributed by atoms with Crippen molar-refractivity contribution in [2.24, 2.45) is 5.92 Å². The first-order chi connectivity index (χ1) is 17.3. The fourth-order valence-corrected chi connectivity index (χ4v) is 5.90. The van der Waals surface area contributed by atoms with Gasteiger partial charge in [-0.15, -0.1) is 0 Å². The van der Waals surface area contributed by atoms with E-state index >= 15 is 0 Å². The van der Waals surface area contributed by atoms with E-state index in [2.05, 4.69) is 15.1 Å². The van der Waals surface area contributed by atoms with Gasteiger partial charge in [0.05, 0.1) is 4.90 Å². The van der Waals surface area contributed by atoms with Crippen LogP contribution in [0.1, 0.15) is 24.8 Å². The maximum Gasteiger partial charge on any atom is 0.321 e. The Balaban J connectivity index is 1.15. The number of anilines is 1. The second-order valence-corrected chi connectivity index (χ2v) is 12.5. The average Bonchev–Trinajstić information content (AvgIpc) is 2.86. The minimum Gasteiger partial charge on any atom is -0.322 e. The van der Waals surface area contributed by atoms with Crippen LogP contribution < -0.4 is 5.32 Å². The summed E-state index contributed by atoms with van der Waals surface area (Å²) in [6, 6.07) is 14.4. The van der Waals surface area contributed by atoms with Gasteiger partial charge in [0.15, 0.2) is 9.84 Å². The second kappa shape index (κ2) is 12.4. The first-order valence-electron chi connectivity index (χ1n) is 12.8. The molecule has 0 aromatic heterocycles. The van der Waals surface area contributed by atoms with E-state index in [0.29, 0.717) is 15.8 Å². The van der Waals surface area contributed by atoms with Crippen LogP contribution in [0, 0.1) is 5.92 Å². The number of aryl methyl sites for hydroxylation is 1. The van der Waals surface area contributed by atoms with E-state index in [-0.39, 0.29) is 6.03 Å². The molecule has 2 aromatic rings. The lowest BCUT2D eigenvalue weighted by Gasteiger charge is -2.39. The van der Waals surface area contributed by atoms with Gasteiger partial charge in [-0.3, -0.25) is 4.90 Å². The third-order valence-electron chi connectivity index (χ3n) is 7.17. The van der Waals surface area contributed by atoms with Crippen LogP contribution in [0.4, 0.5) is 10.5 Å². The van der Waals surface area contributed by atoms with Crippen LogP contribution in [0.3, 0.4) is 0 Å². The molecule has 7 nitrogen and oxygen atoms in total. The zero-order valence-corrected chi connectivity index (χ0v) is 22.6. The lowest BCUT2D eigenvalue weighted by Crippen LogP contribution is -2.52. The zero-order chi connectivity index (χ0) is 25.5. The summed E-state index contributed by atoms with van der Waals surface area (Å²) in [5.74, 6) is 0.669. The lowest BCUT2D eigenvalue weighted by molar-refractivity contribution is 0.101. The first kappa shape index (κ1) is 26.9. The van der Waals surface area contributed by atoms with Crippen LogP contribution in [-0.2, 0) is 16.3 Å². The Morgan fingerprint density at radius 2 is 1.67 bits per heavy atom. The standard InChI is InChI=1S/C27H37ClN4O3S/c1-36(34,35)26-12-6-22(7-13-26)4-2-14-30-15-3-5-23(20-30)21-31-16-18-32(19-17-31)27(33)29-25-10-8-24(28)9-11-25/h6-13,23H,2-5,14-21H2,1H3,(H,29,33)/t23-/m1/s1. The van der Waals surface area contributed by atoms with E-state index in [4.69, 9.17) is 11.6 Å². The van der Waals surface area contributed by atoms with Crippen LogP contribution in [-0.4, -0.2) is 87.8 Å².